The molecule has 3 N–H and O–H groups in total. The van der Waals surface area contributed by atoms with Crippen molar-refractivity contribution >= 4 is 16.9 Å². The zero-order chi connectivity index (χ0) is 14.3. The van der Waals surface area contributed by atoms with Crippen LogP contribution in [0.5, 0.6) is 5.75 Å². The largest absolute Gasteiger partial charge is 0.507 e. The Balaban J connectivity index is 2.13. The van der Waals surface area contributed by atoms with Gasteiger partial charge in [0, 0.05) is 10.9 Å². The van der Waals surface area contributed by atoms with Gasteiger partial charge in [0.05, 0.1) is 5.56 Å². The minimum absolute atomic E-state index is 0.0241. The molecule has 0 bridgehead atoms. The van der Waals surface area contributed by atoms with Crippen LogP contribution in [0.2, 0.25) is 0 Å². The molecule has 0 atom stereocenters. The summed E-state index contributed by atoms with van der Waals surface area (Å²) in [7, 11) is 0. The monoisotopic (exact) mass is 271 g/mol. The van der Waals surface area contributed by atoms with Gasteiger partial charge in [0.15, 0.2) is 11.4 Å². The lowest BCUT2D eigenvalue weighted by Crippen LogP contribution is -2.10. The predicted molar refractivity (Wildman–Crippen MR) is 71.8 cm³/mol. The van der Waals surface area contributed by atoms with E-state index < -0.39 is 11.7 Å². The van der Waals surface area contributed by atoms with Gasteiger partial charge in [0.1, 0.15) is 11.5 Å². The number of rotatable bonds is 2. The lowest BCUT2D eigenvalue weighted by Gasteiger charge is -2.02. The van der Waals surface area contributed by atoms with E-state index in [2.05, 4.69) is 0 Å². The van der Waals surface area contributed by atoms with Crippen LogP contribution in [0.4, 0.5) is 4.39 Å². The van der Waals surface area contributed by atoms with E-state index in [1.54, 1.807) is 24.3 Å². The Bertz CT molecular complexity index is 823. The summed E-state index contributed by atoms with van der Waals surface area (Å²) in [5.74, 6) is -1.01. The van der Waals surface area contributed by atoms with Gasteiger partial charge in [-0.2, -0.15) is 0 Å². The maximum absolute atomic E-state index is 13.6. The van der Waals surface area contributed by atoms with Crippen molar-refractivity contribution in [1.82, 2.24) is 0 Å². The van der Waals surface area contributed by atoms with E-state index in [1.165, 1.54) is 18.2 Å². The van der Waals surface area contributed by atoms with Crippen molar-refractivity contribution in [2.75, 3.05) is 0 Å². The fourth-order valence-corrected chi connectivity index (χ4v) is 2.06. The first kappa shape index (κ1) is 12.2. The number of fused-ring (bicyclic) bond motifs is 1. The number of furan rings is 1. The Morgan fingerprint density at radius 1 is 1.20 bits per heavy atom. The number of para-hydroxylation sites is 1. The molecule has 0 unspecified atom stereocenters. The van der Waals surface area contributed by atoms with Crippen LogP contribution in [0.3, 0.4) is 0 Å². The summed E-state index contributed by atoms with van der Waals surface area (Å²) >= 11 is 0. The molecule has 1 aromatic heterocycles. The molecule has 2 aromatic carbocycles. The summed E-state index contributed by atoms with van der Waals surface area (Å²) in [6.07, 6.45) is 0. The lowest BCUT2D eigenvalue weighted by molar-refractivity contribution is 0.0998. The summed E-state index contributed by atoms with van der Waals surface area (Å²) in [5, 5.41) is 10.4. The summed E-state index contributed by atoms with van der Waals surface area (Å²) in [4.78, 5) is 11.0. The first-order chi connectivity index (χ1) is 9.56. The van der Waals surface area contributed by atoms with Gasteiger partial charge in [0.25, 0.3) is 5.91 Å². The summed E-state index contributed by atoms with van der Waals surface area (Å²) in [6, 6.07) is 10.6. The van der Waals surface area contributed by atoms with Gasteiger partial charge in [-0.15, -0.1) is 0 Å². The minimum Gasteiger partial charge on any atom is -0.507 e. The van der Waals surface area contributed by atoms with Crippen LogP contribution in [0, 0.1) is 5.82 Å². The number of benzene rings is 2. The lowest BCUT2D eigenvalue weighted by atomic mass is 10.1. The first-order valence-electron chi connectivity index (χ1n) is 5.87. The highest BCUT2D eigenvalue weighted by Crippen LogP contribution is 2.31. The van der Waals surface area contributed by atoms with Crippen LogP contribution >= 0.6 is 0 Å². The maximum atomic E-state index is 13.6. The number of hydrogen-bond acceptors (Lipinski definition) is 3. The maximum Gasteiger partial charge on any atom is 0.252 e. The smallest absolute Gasteiger partial charge is 0.252 e. The molecule has 4 nitrogen and oxygen atoms in total. The Kier molecular flexibility index (Phi) is 2.68. The molecule has 0 radical (unpaired) electrons. The van der Waals surface area contributed by atoms with Crippen molar-refractivity contribution in [2.24, 2.45) is 5.73 Å². The number of phenols is 1. The molecule has 0 aliphatic rings. The first-order valence-corrected chi connectivity index (χ1v) is 5.87. The van der Waals surface area contributed by atoms with Gasteiger partial charge >= 0.3 is 0 Å². The Morgan fingerprint density at radius 2 is 2.00 bits per heavy atom. The number of carbonyl (C=O) groups is 1. The topological polar surface area (TPSA) is 76.5 Å². The third-order valence-electron chi connectivity index (χ3n) is 3.04. The number of halogens is 1. The van der Waals surface area contributed by atoms with Crippen molar-refractivity contribution in [2.45, 2.75) is 0 Å². The highest BCUT2D eigenvalue weighted by Gasteiger charge is 2.13. The number of carbonyl (C=O) groups excluding carboxylic acids is 1. The van der Waals surface area contributed by atoms with E-state index in [0.717, 1.165) is 0 Å². The second-order valence-electron chi connectivity index (χ2n) is 4.37. The molecule has 3 rings (SSSR count). The molecule has 0 aliphatic carbocycles. The molecule has 100 valence electrons. The predicted octanol–water partition coefficient (Wildman–Crippen LogP) is 3.04. The van der Waals surface area contributed by atoms with E-state index >= 15 is 0 Å². The molecule has 0 fully saturated rings. The highest BCUT2D eigenvalue weighted by molar-refractivity contribution is 5.96. The zero-order valence-corrected chi connectivity index (χ0v) is 10.3. The van der Waals surface area contributed by atoms with E-state index in [4.69, 9.17) is 10.2 Å². The van der Waals surface area contributed by atoms with Crippen LogP contribution in [0.15, 0.2) is 46.9 Å². The average molecular weight is 271 g/mol. The van der Waals surface area contributed by atoms with Gasteiger partial charge in [-0.05, 0) is 24.3 Å². The number of aromatic hydroxyl groups is 1. The van der Waals surface area contributed by atoms with Crippen LogP contribution in [0.25, 0.3) is 22.3 Å². The molecule has 0 saturated carbocycles. The van der Waals surface area contributed by atoms with Crippen molar-refractivity contribution in [3.63, 3.8) is 0 Å². The normalized spacial score (nSPS) is 10.8. The van der Waals surface area contributed by atoms with Crippen LogP contribution in [-0.4, -0.2) is 11.0 Å². The summed E-state index contributed by atoms with van der Waals surface area (Å²) in [5.41, 5.74) is 5.82. The second-order valence-corrected chi connectivity index (χ2v) is 4.37. The number of nitrogens with two attached hydrogens (primary N) is 1. The summed E-state index contributed by atoms with van der Waals surface area (Å²) < 4.78 is 19.0. The third kappa shape index (κ3) is 1.89. The molecule has 0 saturated heterocycles. The second kappa shape index (κ2) is 4.38. The van der Waals surface area contributed by atoms with E-state index in [-0.39, 0.29) is 16.9 Å². The van der Waals surface area contributed by atoms with E-state index in [9.17, 15) is 14.3 Å². The Morgan fingerprint density at radius 3 is 2.65 bits per heavy atom. The Hall–Kier alpha value is -2.82. The van der Waals surface area contributed by atoms with Crippen molar-refractivity contribution in [1.29, 1.82) is 0 Å². The molecular weight excluding hydrogens is 261 g/mol. The SMILES string of the molecule is NC(=O)c1ccc(-c2cc3cccc(F)c3o2)cc1O. The number of amides is 1. The van der Waals surface area contributed by atoms with Crippen molar-refractivity contribution < 1.29 is 18.7 Å². The van der Waals surface area contributed by atoms with E-state index in [0.29, 0.717) is 16.7 Å². The van der Waals surface area contributed by atoms with Crippen LogP contribution in [0.1, 0.15) is 10.4 Å². The van der Waals surface area contributed by atoms with Crippen LogP contribution in [-0.2, 0) is 0 Å². The number of primary amides is 1. The quantitative estimate of drug-likeness (QED) is 0.752. The van der Waals surface area contributed by atoms with E-state index in [1.807, 2.05) is 0 Å². The van der Waals surface area contributed by atoms with Crippen molar-refractivity contribution in [3.8, 4) is 17.1 Å². The average Bonchev–Trinajstić information content (AvgIpc) is 2.83. The van der Waals surface area contributed by atoms with Gasteiger partial charge < -0.3 is 15.3 Å². The molecule has 1 amide bonds. The van der Waals surface area contributed by atoms with Gasteiger partial charge in [-0.25, -0.2) is 4.39 Å². The zero-order valence-electron chi connectivity index (χ0n) is 10.3. The molecule has 20 heavy (non-hydrogen) atoms. The van der Waals surface area contributed by atoms with Crippen LogP contribution < -0.4 is 5.73 Å². The minimum atomic E-state index is -0.718. The van der Waals surface area contributed by atoms with Gasteiger partial charge in [-0.1, -0.05) is 18.2 Å². The molecule has 1 heterocycles. The molecule has 5 heteroatoms. The highest BCUT2D eigenvalue weighted by atomic mass is 19.1. The fourth-order valence-electron chi connectivity index (χ4n) is 2.06. The number of hydrogen-bond donors (Lipinski definition) is 2. The van der Waals surface area contributed by atoms with Crippen molar-refractivity contribution in [3.05, 3.63) is 53.8 Å². The summed E-state index contributed by atoms with van der Waals surface area (Å²) in [6.45, 7) is 0. The standard InChI is InChI=1S/C15H10FNO3/c16-11-3-1-2-9-7-13(20-14(9)11)8-4-5-10(15(17)19)12(18)6-8/h1-7,18H,(H2,17,19). The van der Waals surface area contributed by atoms with Gasteiger partial charge in [0.2, 0.25) is 0 Å². The molecule has 0 aliphatic heterocycles. The Labute approximate surface area is 113 Å². The molecular formula is C15H10FNO3. The molecule has 0 spiro atoms. The third-order valence-corrected chi connectivity index (χ3v) is 3.04. The molecule has 3 aromatic rings. The fraction of sp³-hybridized carbons (Fsp3) is 0. The van der Waals surface area contributed by atoms with Gasteiger partial charge in [-0.3, -0.25) is 4.79 Å².